The number of fused-ring (bicyclic) bond motifs is 1. The van der Waals surface area contributed by atoms with Gasteiger partial charge in [0.05, 0.1) is 17.0 Å². The van der Waals surface area contributed by atoms with Gasteiger partial charge in [-0.2, -0.15) is 0 Å². The van der Waals surface area contributed by atoms with E-state index in [4.69, 9.17) is 16.7 Å². The summed E-state index contributed by atoms with van der Waals surface area (Å²) in [6, 6.07) is 5.45. The average Bonchev–Trinajstić information content (AvgIpc) is 2.49. The minimum Gasteiger partial charge on any atom is -0.481 e. The SMILES string of the molecule is O=C(O)Cc1cccc2c(Cl)c[nH]c12. The molecule has 0 spiro atoms. The van der Waals surface area contributed by atoms with Crippen molar-refractivity contribution >= 4 is 28.5 Å². The van der Waals surface area contributed by atoms with Gasteiger partial charge in [-0.15, -0.1) is 0 Å². The highest BCUT2D eigenvalue weighted by Crippen LogP contribution is 2.25. The molecule has 0 aliphatic rings. The van der Waals surface area contributed by atoms with Crippen LogP contribution in [0.3, 0.4) is 0 Å². The molecule has 0 fully saturated rings. The van der Waals surface area contributed by atoms with Crippen molar-refractivity contribution in [2.75, 3.05) is 0 Å². The Kier molecular flexibility index (Phi) is 2.17. The summed E-state index contributed by atoms with van der Waals surface area (Å²) in [4.78, 5) is 13.5. The van der Waals surface area contributed by atoms with Crippen LogP contribution >= 0.6 is 11.6 Å². The summed E-state index contributed by atoms with van der Waals surface area (Å²) < 4.78 is 0. The fraction of sp³-hybridized carbons (Fsp3) is 0.100. The van der Waals surface area contributed by atoms with Gasteiger partial charge in [0.15, 0.2) is 0 Å². The Morgan fingerprint density at radius 3 is 3.00 bits per heavy atom. The molecule has 3 nitrogen and oxygen atoms in total. The average molecular weight is 210 g/mol. The fourth-order valence-corrected chi connectivity index (χ4v) is 1.71. The third-order valence-corrected chi connectivity index (χ3v) is 2.41. The van der Waals surface area contributed by atoms with Crippen LogP contribution in [0.15, 0.2) is 24.4 Å². The number of nitrogens with one attached hydrogen (secondary N) is 1. The fourth-order valence-electron chi connectivity index (χ4n) is 1.49. The van der Waals surface area contributed by atoms with Crippen molar-refractivity contribution < 1.29 is 9.90 Å². The molecule has 2 N–H and O–H groups in total. The zero-order valence-electron chi connectivity index (χ0n) is 7.25. The second kappa shape index (κ2) is 3.35. The van der Waals surface area contributed by atoms with Gasteiger partial charge in [0.25, 0.3) is 0 Å². The molecule has 0 bridgehead atoms. The van der Waals surface area contributed by atoms with Gasteiger partial charge in [-0.25, -0.2) is 0 Å². The van der Waals surface area contributed by atoms with Crippen LogP contribution in [0.4, 0.5) is 0 Å². The van der Waals surface area contributed by atoms with Gasteiger partial charge in [-0.05, 0) is 5.56 Å². The maximum Gasteiger partial charge on any atom is 0.307 e. The lowest BCUT2D eigenvalue weighted by Gasteiger charge is -1.98. The summed E-state index contributed by atoms with van der Waals surface area (Å²) in [6.07, 6.45) is 1.67. The first-order valence-electron chi connectivity index (χ1n) is 4.15. The van der Waals surface area contributed by atoms with E-state index < -0.39 is 5.97 Å². The van der Waals surface area contributed by atoms with E-state index in [-0.39, 0.29) is 6.42 Å². The number of H-pyrrole nitrogens is 1. The largest absolute Gasteiger partial charge is 0.481 e. The molecule has 14 heavy (non-hydrogen) atoms. The number of hydrogen-bond donors (Lipinski definition) is 2. The third-order valence-electron chi connectivity index (χ3n) is 2.09. The number of benzene rings is 1. The summed E-state index contributed by atoms with van der Waals surface area (Å²) in [5.41, 5.74) is 1.56. The smallest absolute Gasteiger partial charge is 0.307 e. The van der Waals surface area contributed by atoms with E-state index in [1.54, 1.807) is 18.3 Å². The van der Waals surface area contributed by atoms with E-state index in [9.17, 15) is 4.79 Å². The molecule has 72 valence electrons. The van der Waals surface area contributed by atoms with Crippen LogP contribution in [-0.2, 0) is 11.2 Å². The number of rotatable bonds is 2. The van der Waals surface area contributed by atoms with Crippen LogP contribution in [0, 0.1) is 0 Å². The number of aromatic nitrogens is 1. The quantitative estimate of drug-likeness (QED) is 0.798. The second-order valence-corrected chi connectivity index (χ2v) is 3.45. The Bertz CT molecular complexity index is 490. The van der Waals surface area contributed by atoms with Crippen LogP contribution < -0.4 is 0 Å². The maximum absolute atomic E-state index is 10.6. The number of carboxylic acids is 1. The number of hydrogen-bond acceptors (Lipinski definition) is 1. The highest BCUT2D eigenvalue weighted by molar-refractivity contribution is 6.35. The number of aliphatic carboxylic acids is 1. The van der Waals surface area contributed by atoms with E-state index in [0.717, 1.165) is 16.5 Å². The lowest BCUT2D eigenvalue weighted by Crippen LogP contribution is -2.00. The first-order chi connectivity index (χ1) is 6.68. The normalized spacial score (nSPS) is 10.6. The van der Waals surface area contributed by atoms with Crippen molar-refractivity contribution in [2.24, 2.45) is 0 Å². The molecule has 1 aromatic heterocycles. The van der Waals surface area contributed by atoms with Crippen molar-refractivity contribution in [3.05, 3.63) is 35.0 Å². The molecule has 0 aliphatic carbocycles. The topological polar surface area (TPSA) is 53.1 Å². The van der Waals surface area contributed by atoms with Crippen molar-refractivity contribution in [1.29, 1.82) is 0 Å². The van der Waals surface area contributed by atoms with Crippen LogP contribution in [0.2, 0.25) is 5.02 Å². The Hall–Kier alpha value is -1.48. The van der Waals surface area contributed by atoms with Gasteiger partial charge in [0.2, 0.25) is 0 Å². The molecular formula is C10H8ClNO2. The number of aromatic amines is 1. The van der Waals surface area contributed by atoms with Crippen LogP contribution in [-0.4, -0.2) is 16.1 Å². The Morgan fingerprint density at radius 1 is 1.50 bits per heavy atom. The molecule has 0 radical (unpaired) electrons. The predicted molar refractivity (Wildman–Crippen MR) is 54.6 cm³/mol. The number of carboxylic acid groups (broad SMARTS) is 1. The van der Waals surface area contributed by atoms with Crippen LogP contribution in [0.1, 0.15) is 5.56 Å². The maximum atomic E-state index is 10.6. The first-order valence-corrected chi connectivity index (χ1v) is 4.52. The molecule has 0 unspecified atom stereocenters. The summed E-state index contributed by atoms with van der Waals surface area (Å²) in [5, 5.41) is 10.2. The first kappa shape index (κ1) is 9.09. The van der Waals surface area contributed by atoms with E-state index >= 15 is 0 Å². The zero-order chi connectivity index (χ0) is 10.1. The minimum absolute atomic E-state index is 0.00812. The van der Waals surface area contributed by atoms with E-state index in [0.29, 0.717) is 5.02 Å². The third kappa shape index (κ3) is 1.46. The summed E-state index contributed by atoms with van der Waals surface area (Å²) in [6.45, 7) is 0. The minimum atomic E-state index is -0.844. The standard InChI is InChI=1S/C10H8ClNO2/c11-8-5-12-10-6(4-9(13)14)2-1-3-7(8)10/h1-3,5,12H,4H2,(H,13,14). The molecule has 1 heterocycles. The molecule has 0 aliphatic heterocycles. The van der Waals surface area contributed by atoms with Gasteiger partial charge >= 0.3 is 5.97 Å². The highest BCUT2D eigenvalue weighted by atomic mass is 35.5. The van der Waals surface area contributed by atoms with Gasteiger partial charge in [-0.3, -0.25) is 4.79 Å². The van der Waals surface area contributed by atoms with Crippen molar-refractivity contribution in [1.82, 2.24) is 4.98 Å². The second-order valence-electron chi connectivity index (χ2n) is 3.05. The van der Waals surface area contributed by atoms with Gasteiger partial charge < -0.3 is 10.1 Å². The molecule has 2 aromatic rings. The van der Waals surface area contributed by atoms with Gasteiger partial charge in [-0.1, -0.05) is 29.8 Å². The number of para-hydroxylation sites is 1. The number of halogens is 1. The summed E-state index contributed by atoms with van der Waals surface area (Å²) in [5.74, 6) is -0.844. The van der Waals surface area contributed by atoms with Crippen molar-refractivity contribution in [2.45, 2.75) is 6.42 Å². The molecule has 0 atom stereocenters. The van der Waals surface area contributed by atoms with Crippen LogP contribution in [0.25, 0.3) is 10.9 Å². The van der Waals surface area contributed by atoms with E-state index in [1.165, 1.54) is 0 Å². The van der Waals surface area contributed by atoms with Crippen LogP contribution in [0.5, 0.6) is 0 Å². The van der Waals surface area contributed by atoms with Gasteiger partial charge in [0, 0.05) is 11.6 Å². The zero-order valence-corrected chi connectivity index (χ0v) is 8.01. The van der Waals surface area contributed by atoms with Crippen molar-refractivity contribution in [3.63, 3.8) is 0 Å². The highest BCUT2D eigenvalue weighted by Gasteiger charge is 2.08. The van der Waals surface area contributed by atoms with E-state index in [2.05, 4.69) is 4.98 Å². The van der Waals surface area contributed by atoms with E-state index in [1.807, 2.05) is 6.07 Å². The molecule has 0 saturated carbocycles. The molecular weight excluding hydrogens is 202 g/mol. The Morgan fingerprint density at radius 2 is 2.29 bits per heavy atom. The lowest BCUT2D eigenvalue weighted by molar-refractivity contribution is -0.136. The van der Waals surface area contributed by atoms with Crippen molar-refractivity contribution in [3.8, 4) is 0 Å². The monoisotopic (exact) mass is 209 g/mol. The molecule has 4 heteroatoms. The summed E-state index contributed by atoms with van der Waals surface area (Å²) >= 11 is 5.90. The molecule has 2 rings (SSSR count). The predicted octanol–water partition coefficient (Wildman–Crippen LogP) is 2.45. The molecule has 1 aromatic carbocycles. The Balaban J connectivity index is 2.59. The van der Waals surface area contributed by atoms with Gasteiger partial charge in [0.1, 0.15) is 0 Å². The Labute approximate surface area is 85.3 Å². The number of carbonyl (C=O) groups is 1. The lowest BCUT2D eigenvalue weighted by atomic mass is 10.1. The molecule has 0 saturated heterocycles. The summed E-state index contributed by atoms with van der Waals surface area (Å²) in [7, 11) is 0. The molecule has 0 amide bonds.